The third-order valence-corrected chi connectivity index (χ3v) is 2.93. The molecule has 0 heterocycles. The number of nitrogens with one attached hydrogen (secondary N) is 1. The van der Waals surface area contributed by atoms with Crippen LogP contribution in [0, 0.1) is 5.92 Å². The van der Waals surface area contributed by atoms with Crippen LogP contribution in [-0.4, -0.2) is 30.5 Å². The molecule has 0 aromatic rings. The average molecular weight is 189 g/mol. The van der Waals surface area contributed by atoms with Crippen LogP contribution in [0.1, 0.15) is 32.6 Å². The Bertz CT molecular complexity index is 144. The van der Waals surface area contributed by atoms with Gasteiger partial charge in [-0.25, -0.2) is 4.39 Å². The molecule has 1 fully saturated rings. The van der Waals surface area contributed by atoms with Gasteiger partial charge in [-0.1, -0.05) is 6.92 Å². The molecule has 0 aromatic heterocycles. The predicted molar refractivity (Wildman–Crippen MR) is 51.4 cm³/mol. The van der Waals surface area contributed by atoms with Gasteiger partial charge < -0.3 is 10.4 Å². The minimum Gasteiger partial charge on any atom is -0.389 e. The average Bonchev–Trinajstić information content (AvgIpc) is 2.12. The molecule has 0 radical (unpaired) electrons. The number of halogens is 1. The fourth-order valence-electron chi connectivity index (χ4n) is 1.86. The Labute approximate surface area is 79.5 Å². The second-order valence-corrected chi connectivity index (χ2v) is 4.27. The summed E-state index contributed by atoms with van der Waals surface area (Å²) in [6.45, 7) is 2.77. The van der Waals surface area contributed by atoms with Crippen molar-refractivity contribution in [1.82, 2.24) is 5.32 Å². The SMILES string of the molecule is CC1CCC(O)(CNCCF)CC1. The molecular formula is C10H20FNO. The Morgan fingerprint density at radius 3 is 2.62 bits per heavy atom. The van der Waals surface area contributed by atoms with Gasteiger partial charge in [0.1, 0.15) is 6.67 Å². The fourth-order valence-corrected chi connectivity index (χ4v) is 1.86. The van der Waals surface area contributed by atoms with Crippen molar-refractivity contribution in [2.45, 2.75) is 38.2 Å². The maximum atomic E-state index is 11.8. The van der Waals surface area contributed by atoms with Crippen LogP contribution in [0.25, 0.3) is 0 Å². The summed E-state index contributed by atoms with van der Waals surface area (Å²) in [5.41, 5.74) is -0.568. The zero-order valence-corrected chi connectivity index (χ0v) is 8.35. The fraction of sp³-hybridized carbons (Fsp3) is 1.00. The zero-order valence-electron chi connectivity index (χ0n) is 8.35. The van der Waals surface area contributed by atoms with E-state index in [0.29, 0.717) is 13.1 Å². The largest absolute Gasteiger partial charge is 0.389 e. The molecule has 0 aromatic carbocycles. The van der Waals surface area contributed by atoms with Gasteiger partial charge >= 0.3 is 0 Å². The van der Waals surface area contributed by atoms with Crippen LogP contribution in [0.4, 0.5) is 4.39 Å². The van der Waals surface area contributed by atoms with Crippen LogP contribution in [-0.2, 0) is 0 Å². The monoisotopic (exact) mass is 189 g/mol. The molecule has 13 heavy (non-hydrogen) atoms. The molecule has 0 spiro atoms. The van der Waals surface area contributed by atoms with Crippen molar-refractivity contribution >= 4 is 0 Å². The molecule has 1 aliphatic rings. The predicted octanol–water partition coefficient (Wildman–Crippen LogP) is 1.49. The Balaban J connectivity index is 2.22. The summed E-state index contributed by atoms with van der Waals surface area (Å²) in [5.74, 6) is 0.737. The van der Waals surface area contributed by atoms with E-state index in [-0.39, 0.29) is 6.67 Å². The summed E-state index contributed by atoms with van der Waals surface area (Å²) >= 11 is 0. The van der Waals surface area contributed by atoms with Gasteiger partial charge in [0.15, 0.2) is 0 Å². The first-order valence-electron chi connectivity index (χ1n) is 5.15. The van der Waals surface area contributed by atoms with Crippen molar-refractivity contribution in [2.75, 3.05) is 19.8 Å². The van der Waals surface area contributed by atoms with Crippen molar-refractivity contribution in [2.24, 2.45) is 5.92 Å². The molecule has 78 valence electrons. The maximum absolute atomic E-state index is 11.8. The summed E-state index contributed by atoms with van der Waals surface area (Å²) in [7, 11) is 0. The van der Waals surface area contributed by atoms with E-state index < -0.39 is 5.60 Å². The van der Waals surface area contributed by atoms with E-state index in [4.69, 9.17) is 0 Å². The van der Waals surface area contributed by atoms with Crippen LogP contribution in [0.15, 0.2) is 0 Å². The lowest BCUT2D eigenvalue weighted by atomic mass is 9.79. The third-order valence-electron chi connectivity index (χ3n) is 2.93. The van der Waals surface area contributed by atoms with Gasteiger partial charge in [0.05, 0.1) is 5.60 Å². The molecule has 0 amide bonds. The van der Waals surface area contributed by atoms with E-state index in [9.17, 15) is 9.50 Å². The highest BCUT2D eigenvalue weighted by atomic mass is 19.1. The zero-order chi connectivity index (χ0) is 9.73. The smallest absolute Gasteiger partial charge is 0.102 e. The Kier molecular flexibility index (Phi) is 4.13. The first kappa shape index (κ1) is 10.9. The Morgan fingerprint density at radius 2 is 2.08 bits per heavy atom. The van der Waals surface area contributed by atoms with Crippen molar-refractivity contribution in [3.8, 4) is 0 Å². The lowest BCUT2D eigenvalue weighted by Crippen LogP contribution is -2.43. The van der Waals surface area contributed by atoms with Gasteiger partial charge in [0.2, 0.25) is 0 Å². The first-order chi connectivity index (χ1) is 6.16. The summed E-state index contributed by atoms with van der Waals surface area (Å²) in [5, 5.41) is 13.0. The molecular weight excluding hydrogens is 169 g/mol. The van der Waals surface area contributed by atoms with Gasteiger partial charge in [-0.3, -0.25) is 0 Å². The van der Waals surface area contributed by atoms with Crippen molar-refractivity contribution in [1.29, 1.82) is 0 Å². The van der Waals surface area contributed by atoms with Crippen molar-refractivity contribution < 1.29 is 9.50 Å². The third kappa shape index (κ3) is 3.61. The minimum absolute atomic E-state index is 0.355. The van der Waals surface area contributed by atoms with E-state index >= 15 is 0 Å². The topological polar surface area (TPSA) is 32.3 Å². The number of rotatable bonds is 4. The molecule has 0 bridgehead atoms. The van der Waals surface area contributed by atoms with Gasteiger partial charge in [-0.05, 0) is 31.6 Å². The van der Waals surface area contributed by atoms with E-state index in [2.05, 4.69) is 12.2 Å². The highest BCUT2D eigenvalue weighted by molar-refractivity contribution is 4.86. The molecule has 0 aliphatic heterocycles. The molecule has 1 saturated carbocycles. The highest BCUT2D eigenvalue weighted by Gasteiger charge is 2.30. The second kappa shape index (κ2) is 4.91. The molecule has 1 aliphatic carbocycles. The highest BCUT2D eigenvalue weighted by Crippen LogP contribution is 2.31. The standard InChI is InChI=1S/C10H20FNO/c1-9-2-4-10(13,5-3-9)8-12-7-6-11/h9,12-13H,2-8H2,1H3. The van der Waals surface area contributed by atoms with Crippen LogP contribution in [0.2, 0.25) is 0 Å². The van der Waals surface area contributed by atoms with Crippen LogP contribution >= 0.6 is 0 Å². The van der Waals surface area contributed by atoms with Gasteiger partial charge in [-0.2, -0.15) is 0 Å². The van der Waals surface area contributed by atoms with E-state index in [1.54, 1.807) is 0 Å². The first-order valence-corrected chi connectivity index (χ1v) is 5.15. The molecule has 2 N–H and O–H groups in total. The maximum Gasteiger partial charge on any atom is 0.102 e. The normalized spacial score (nSPS) is 34.8. The van der Waals surface area contributed by atoms with Crippen LogP contribution in [0.5, 0.6) is 0 Å². The van der Waals surface area contributed by atoms with Crippen LogP contribution in [0.3, 0.4) is 0 Å². The van der Waals surface area contributed by atoms with Gasteiger partial charge in [-0.15, -0.1) is 0 Å². The molecule has 2 nitrogen and oxygen atoms in total. The second-order valence-electron chi connectivity index (χ2n) is 4.27. The van der Waals surface area contributed by atoms with Gasteiger partial charge in [0, 0.05) is 13.1 Å². The molecule has 1 rings (SSSR count). The van der Waals surface area contributed by atoms with Crippen molar-refractivity contribution in [3.05, 3.63) is 0 Å². The summed E-state index contributed by atoms with van der Waals surface area (Å²) in [4.78, 5) is 0. The number of aliphatic hydroxyl groups is 1. The minimum atomic E-state index is -0.568. The summed E-state index contributed by atoms with van der Waals surface area (Å²) < 4.78 is 11.8. The Morgan fingerprint density at radius 1 is 1.46 bits per heavy atom. The molecule has 0 saturated heterocycles. The summed E-state index contributed by atoms with van der Waals surface area (Å²) in [6, 6.07) is 0. The lowest BCUT2D eigenvalue weighted by molar-refractivity contribution is -0.00608. The van der Waals surface area contributed by atoms with E-state index in [1.165, 1.54) is 0 Å². The number of hydrogen-bond donors (Lipinski definition) is 2. The van der Waals surface area contributed by atoms with Crippen molar-refractivity contribution in [3.63, 3.8) is 0 Å². The lowest BCUT2D eigenvalue weighted by Gasteiger charge is -2.35. The van der Waals surface area contributed by atoms with E-state index in [0.717, 1.165) is 31.6 Å². The van der Waals surface area contributed by atoms with Crippen LogP contribution < -0.4 is 5.32 Å². The van der Waals surface area contributed by atoms with E-state index in [1.807, 2.05) is 0 Å². The number of alkyl halides is 1. The molecule has 0 unspecified atom stereocenters. The molecule has 3 heteroatoms. The quantitative estimate of drug-likeness (QED) is 0.657. The van der Waals surface area contributed by atoms with Gasteiger partial charge in [0.25, 0.3) is 0 Å². The molecule has 0 atom stereocenters. The summed E-state index contributed by atoms with van der Waals surface area (Å²) in [6.07, 6.45) is 3.89. The number of hydrogen-bond acceptors (Lipinski definition) is 2. The Hall–Kier alpha value is -0.150.